The number of ether oxygens (including phenoxy) is 1. The van der Waals surface area contributed by atoms with E-state index in [-0.39, 0.29) is 5.97 Å². The third kappa shape index (κ3) is 6.27. The fourth-order valence-corrected chi connectivity index (χ4v) is 4.69. The molecule has 0 atom stereocenters. The molecule has 1 aromatic rings. The summed E-state index contributed by atoms with van der Waals surface area (Å²) >= 11 is 0. The summed E-state index contributed by atoms with van der Waals surface area (Å²) in [5, 5.41) is 0. The van der Waals surface area contributed by atoms with Gasteiger partial charge in [0.2, 0.25) is 0 Å². The van der Waals surface area contributed by atoms with E-state index in [1.54, 1.807) is 12.1 Å². The molecule has 0 N–H and O–H groups in total. The molecule has 0 saturated carbocycles. The number of hydrogen-bond acceptors (Lipinski definition) is 5. The molecule has 22 heavy (non-hydrogen) atoms. The topological polar surface area (TPSA) is 54.0 Å². The van der Waals surface area contributed by atoms with E-state index in [4.69, 9.17) is 18.0 Å². The van der Waals surface area contributed by atoms with Gasteiger partial charge in [0.05, 0.1) is 12.2 Å². The minimum atomic E-state index is -2.64. The van der Waals surface area contributed by atoms with E-state index < -0.39 is 8.80 Å². The minimum absolute atomic E-state index is 0.308. The second kappa shape index (κ2) is 10.5. The Morgan fingerprint density at radius 2 is 1.50 bits per heavy atom. The van der Waals surface area contributed by atoms with E-state index in [1.165, 1.54) is 0 Å². The Bertz CT molecular complexity index is 407. The van der Waals surface area contributed by atoms with Crippen molar-refractivity contribution in [3.8, 4) is 0 Å². The number of esters is 1. The summed E-state index contributed by atoms with van der Waals surface area (Å²) < 4.78 is 22.5. The van der Waals surface area contributed by atoms with Crippen molar-refractivity contribution in [3.63, 3.8) is 0 Å². The Labute approximate surface area is 133 Å². The SMILES string of the molecule is CCO[Si](CCCOC(=O)c1ccccc1)(OCC)OCC. The highest BCUT2D eigenvalue weighted by Crippen LogP contribution is 2.18. The number of rotatable bonds is 11. The van der Waals surface area contributed by atoms with Gasteiger partial charge < -0.3 is 18.0 Å². The highest BCUT2D eigenvalue weighted by atomic mass is 28.4. The van der Waals surface area contributed by atoms with E-state index in [1.807, 2.05) is 39.0 Å². The van der Waals surface area contributed by atoms with Crippen LogP contribution in [0.2, 0.25) is 6.04 Å². The lowest BCUT2D eigenvalue weighted by molar-refractivity contribution is 0.0468. The number of benzene rings is 1. The zero-order chi connectivity index (χ0) is 16.3. The van der Waals surface area contributed by atoms with Crippen LogP contribution in [0.5, 0.6) is 0 Å². The van der Waals surface area contributed by atoms with Crippen molar-refractivity contribution in [1.29, 1.82) is 0 Å². The Kier molecular flexibility index (Phi) is 8.99. The largest absolute Gasteiger partial charge is 0.501 e. The van der Waals surface area contributed by atoms with Crippen LogP contribution in [0.15, 0.2) is 30.3 Å². The van der Waals surface area contributed by atoms with Gasteiger partial charge in [0.25, 0.3) is 0 Å². The molecule has 0 saturated heterocycles. The number of carbonyl (C=O) groups excluding carboxylic acids is 1. The molecule has 0 heterocycles. The van der Waals surface area contributed by atoms with Gasteiger partial charge in [-0.1, -0.05) is 18.2 Å². The Morgan fingerprint density at radius 1 is 0.955 bits per heavy atom. The van der Waals surface area contributed by atoms with Gasteiger partial charge in [0.15, 0.2) is 0 Å². The molecule has 0 aliphatic heterocycles. The lowest BCUT2D eigenvalue weighted by atomic mass is 10.2. The molecule has 0 unspecified atom stereocenters. The van der Waals surface area contributed by atoms with Crippen molar-refractivity contribution in [2.45, 2.75) is 33.2 Å². The first kappa shape index (κ1) is 18.8. The maximum atomic E-state index is 11.8. The first-order valence-corrected chi connectivity index (χ1v) is 9.74. The van der Waals surface area contributed by atoms with Crippen molar-refractivity contribution in [2.75, 3.05) is 26.4 Å². The predicted octanol–water partition coefficient (Wildman–Crippen LogP) is 3.28. The van der Waals surface area contributed by atoms with E-state index in [9.17, 15) is 4.79 Å². The van der Waals surface area contributed by atoms with Crippen LogP contribution in [0, 0.1) is 0 Å². The van der Waals surface area contributed by atoms with Gasteiger partial charge >= 0.3 is 14.8 Å². The van der Waals surface area contributed by atoms with Gasteiger partial charge in [-0.05, 0) is 39.3 Å². The van der Waals surface area contributed by atoms with Gasteiger partial charge in [0, 0.05) is 25.9 Å². The summed E-state index contributed by atoms with van der Waals surface area (Å²) in [6.45, 7) is 7.76. The van der Waals surface area contributed by atoms with E-state index in [0.29, 0.717) is 44.5 Å². The van der Waals surface area contributed by atoms with Crippen LogP contribution in [-0.4, -0.2) is 41.2 Å². The Balaban J connectivity index is 2.43. The molecular formula is C16H26O5Si. The average molecular weight is 326 g/mol. The third-order valence-corrected chi connectivity index (χ3v) is 6.11. The zero-order valence-corrected chi connectivity index (χ0v) is 14.7. The van der Waals surface area contributed by atoms with Crippen LogP contribution in [-0.2, 0) is 18.0 Å². The van der Waals surface area contributed by atoms with Crippen LogP contribution < -0.4 is 0 Å². The highest BCUT2D eigenvalue weighted by Gasteiger charge is 2.39. The normalized spacial score (nSPS) is 11.4. The Hall–Kier alpha value is -1.21. The van der Waals surface area contributed by atoms with Crippen LogP contribution in [0.3, 0.4) is 0 Å². The van der Waals surface area contributed by atoms with Crippen LogP contribution >= 0.6 is 0 Å². The molecule has 124 valence electrons. The van der Waals surface area contributed by atoms with E-state index >= 15 is 0 Å². The van der Waals surface area contributed by atoms with Crippen molar-refractivity contribution < 1.29 is 22.8 Å². The van der Waals surface area contributed by atoms with E-state index in [0.717, 1.165) is 0 Å². The molecule has 0 aliphatic carbocycles. The van der Waals surface area contributed by atoms with Gasteiger partial charge in [-0.15, -0.1) is 0 Å². The Morgan fingerprint density at radius 3 is 2.00 bits per heavy atom. The molecule has 0 aliphatic rings. The highest BCUT2D eigenvalue weighted by molar-refractivity contribution is 6.60. The van der Waals surface area contributed by atoms with Gasteiger partial charge in [-0.25, -0.2) is 4.79 Å². The quantitative estimate of drug-likeness (QED) is 0.355. The number of hydrogen-bond donors (Lipinski definition) is 0. The van der Waals surface area contributed by atoms with Crippen LogP contribution in [0.4, 0.5) is 0 Å². The van der Waals surface area contributed by atoms with Crippen LogP contribution in [0.25, 0.3) is 0 Å². The van der Waals surface area contributed by atoms with Gasteiger partial charge in [-0.3, -0.25) is 0 Å². The molecule has 0 radical (unpaired) electrons. The molecular weight excluding hydrogens is 300 g/mol. The van der Waals surface area contributed by atoms with Crippen LogP contribution in [0.1, 0.15) is 37.6 Å². The lowest BCUT2D eigenvalue weighted by Gasteiger charge is -2.28. The van der Waals surface area contributed by atoms with Crippen molar-refractivity contribution in [3.05, 3.63) is 35.9 Å². The van der Waals surface area contributed by atoms with E-state index in [2.05, 4.69) is 0 Å². The predicted molar refractivity (Wildman–Crippen MR) is 86.8 cm³/mol. The fraction of sp³-hybridized carbons (Fsp3) is 0.562. The maximum absolute atomic E-state index is 11.8. The first-order valence-electron chi connectivity index (χ1n) is 7.81. The molecule has 1 aromatic carbocycles. The lowest BCUT2D eigenvalue weighted by Crippen LogP contribution is -2.46. The smallest absolute Gasteiger partial charge is 0.462 e. The summed E-state index contributed by atoms with van der Waals surface area (Å²) in [6.07, 6.45) is 0.658. The van der Waals surface area contributed by atoms with Crippen molar-refractivity contribution in [2.24, 2.45) is 0 Å². The molecule has 6 heteroatoms. The summed E-state index contributed by atoms with van der Waals surface area (Å²) in [4.78, 5) is 11.8. The third-order valence-electron chi connectivity index (χ3n) is 2.96. The molecule has 0 aromatic heterocycles. The standard InChI is InChI=1S/C16H26O5Si/c1-4-19-22(20-5-2,21-6-3)14-10-13-18-16(17)15-11-8-7-9-12-15/h7-9,11-12H,4-6,10,13-14H2,1-3H3. The maximum Gasteiger partial charge on any atom is 0.501 e. The second-order valence-electron chi connectivity index (χ2n) is 4.59. The average Bonchev–Trinajstić information content (AvgIpc) is 2.53. The second-order valence-corrected chi connectivity index (χ2v) is 7.32. The molecule has 0 amide bonds. The summed E-state index contributed by atoms with van der Waals surface area (Å²) in [7, 11) is -2.64. The fourth-order valence-electron chi connectivity index (χ4n) is 2.11. The summed E-state index contributed by atoms with van der Waals surface area (Å²) in [5.74, 6) is -0.308. The summed E-state index contributed by atoms with van der Waals surface area (Å²) in [6, 6.07) is 9.61. The molecule has 1 rings (SSSR count). The van der Waals surface area contributed by atoms with Gasteiger partial charge in [0.1, 0.15) is 0 Å². The molecule has 0 bridgehead atoms. The monoisotopic (exact) mass is 326 g/mol. The molecule has 5 nitrogen and oxygen atoms in total. The molecule has 0 fully saturated rings. The summed E-state index contributed by atoms with van der Waals surface area (Å²) in [5.41, 5.74) is 0.561. The van der Waals surface area contributed by atoms with Crippen molar-refractivity contribution >= 4 is 14.8 Å². The zero-order valence-electron chi connectivity index (χ0n) is 13.7. The first-order chi connectivity index (χ1) is 10.7. The van der Waals surface area contributed by atoms with Crippen molar-refractivity contribution in [1.82, 2.24) is 0 Å². The van der Waals surface area contributed by atoms with Gasteiger partial charge in [-0.2, -0.15) is 0 Å². The molecule has 0 spiro atoms. The minimum Gasteiger partial charge on any atom is -0.462 e. The number of carbonyl (C=O) groups is 1.